The second-order valence-electron chi connectivity index (χ2n) is 22.5. The third kappa shape index (κ3) is 8.38. The first-order valence-corrected chi connectivity index (χ1v) is 23.5. The molecule has 10 rings (SSSR count). The summed E-state index contributed by atoms with van der Waals surface area (Å²) in [6.45, 7) is 26.7. The first kappa shape index (κ1) is 46.8. The Balaban J connectivity index is 0.00000578. The van der Waals surface area contributed by atoms with Crippen molar-refractivity contribution in [1.82, 2.24) is 14.5 Å². The van der Waals surface area contributed by atoms with Crippen LogP contribution in [0.5, 0.6) is 5.75 Å². The van der Waals surface area contributed by atoms with Crippen LogP contribution in [0.15, 0.2) is 144 Å². The van der Waals surface area contributed by atoms with E-state index < -0.39 is 0 Å². The second-order valence-corrected chi connectivity index (χ2v) is 22.5. The van der Waals surface area contributed by atoms with Crippen LogP contribution in [-0.2, 0) is 42.7 Å². The molecule has 0 radical (unpaired) electrons. The van der Waals surface area contributed by atoms with Gasteiger partial charge in [-0.25, -0.2) is 4.98 Å². The summed E-state index contributed by atoms with van der Waals surface area (Å²) in [4.78, 5) is 10.7. The predicted molar refractivity (Wildman–Crippen MR) is 281 cm³/mol. The van der Waals surface area contributed by atoms with Gasteiger partial charge in [-0.3, -0.25) is 9.55 Å². The van der Waals surface area contributed by atoms with Crippen LogP contribution in [-0.4, -0.2) is 19.6 Å². The van der Waals surface area contributed by atoms with E-state index in [2.05, 4.69) is 227 Å². The van der Waals surface area contributed by atoms with E-state index in [0.29, 0.717) is 11.4 Å². The fourth-order valence-electron chi connectivity index (χ4n) is 9.40. The fourth-order valence-corrected chi connectivity index (χ4v) is 9.40. The molecular weight excluding hydrogens is 1010 g/mol. The van der Waals surface area contributed by atoms with Crippen LogP contribution in [0.2, 0.25) is 0 Å². The van der Waals surface area contributed by atoms with Crippen molar-refractivity contribution in [2.24, 2.45) is 0 Å². The van der Waals surface area contributed by atoms with Crippen LogP contribution in [0.4, 0.5) is 0 Å². The smallest absolute Gasteiger partial charge is 0.152 e. The molecule has 0 aliphatic heterocycles. The average molecular weight is 1070 g/mol. The summed E-state index contributed by atoms with van der Waals surface area (Å²) in [7, 11) is 0. The fraction of sp³-hybridized carbons (Fsp3) is 0.258. The van der Waals surface area contributed by atoms with E-state index in [1.54, 1.807) is 0 Å². The molecule has 1 N–H and O–H groups in total. The molecule has 0 fully saturated rings. The Morgan fingerprint density at radius 2 is 1.15 bits per heavy atom. The van der Waals surface area contributed by atoms with E-state index in [1.807, 2.05) is 6.20 Å². The molecule has 0 bridgehead atoms. The number of para-hydroxylation sites is 1. The largest absolute Gasteiger partial charge is 0.507 e. The number of pyridine rings is 1. The Bertz CT molecular complexity index is 3570. The Hall–Kier alpha value is -6.29. The van der Waals surface area contributed by atoms with Gasteiger partial charge in [-0.1, -0.05) is 179 Å². The van der Waals surface area contributed by atoms with Gasteiger partial charge < -0.3 is 9.52 Å². The number of aromatic hydroxyl groups is 1. The maximum absolute atomic E-state index is 12.6. The van der Waals surface area contributed by atoms with Crippen molar-refractivity contribution in [1.29, 1.82) is 0 Å². The summed E-state index contributed by atoms with van der Waals surface area (Å²) in [6, 6.07) is 51.4. The number of phenolic OH excluding ortho intramolecular Hbond substituents is 1. The van der Waals surface area contributed by atoms with Crippen molar-refractivity contribution in [2.75, 3.05) is 0 Å². The zero-order valence-electron chi connectivity index (χ0n) is 41.3. The minimum absolute atomic E-state index is 0. The van der Waals surface area contributed by atoms with E-state index >= 15 is 0 Å². The molecule has 0 saturated heterocycles. The van der Waals surface area contributed by atoms with E-state index in [0.717, 1.165) is 94.2 Å². The molecule has 5 nitrogen and oxygen atoms in total. The van der Waals surface area contributed by atoms with Gasteiger partial charge in [0, 0.05) is 48.7 Å². The molecule has 346 valence electrons. The van der Waals surface area contributed by atoms with E-state index in [-0.39, 0.29) is 48.5 Å². The topological polar surface area (TPSA) is 64.1 Å². The molecule has 0 aliphatic carbocycles. The van der Waals surface area contributed by atoms with Crippen LogP contribution in [0.25, 0.3) is 94.3 Å². The Morgan fingerprint density at radius 1 is 0.529 bits per heavy atom. The van der Waals surface area contributed by atoms with Crippen molar-refractivity contribution < 1.29 is 30.6 Å². The van der Waals surface area contributed by atoms with Gasteiger partial charge in [0.1, 0.15) is 17.2 Å². The van der Waals surface area contributed by atoms with E-state index in [1.165, 1.54) is 10.9 Å². The minimum atomic E-state index is -0.335. The van der Waals surface area contributed by atoms with Gasteiger partial charge in [0.15, 0.2) is 5.58 Å². The van der Waals surface area contributed by atoms with Crippen LogP contribution in [0, 0.1) is 6.07 Å². The van der Waals surface area contributed by atoms with Crippen LogP contribution >= 0.6 is 0 Å². The average Bonchev–Trinajstić information content (AvgIpc) is 3.84. The molecule has 3 heterocycles. The van der Waals surface area contributed by atoms with E-state index in [4.69, 9.17) is 14.4 Å². The van der Waals surface area contributed by atoms with Crippen molar-refractivity contribution in [2.45, 2.75) is 105 Å². The summed E-state index contributed by atoms with van der Waals surface area (Å²) in [5, 5.41) is 17.0. The first-order chi connectivity index (χ1) is 31.6. The van der Waals surface area contributed by atoms with E-state index in [9.17, 15) is 5.11 Å². The molecule has 0 amide bonds. The molecule has 0 unspecified atom stereocenters. The van der Waals surface area contributed by atoms with Crippen LogP contribution in [0.1, 0.15) is 105 Å². The maximum Gasteiger partial charge on any atom is 0.152 e. The van der Waals surface area contributed by atoms with Crippen LogP contribution < -0.4 is 0 Å². The molecule has 7 aromatic carbocycles. The molecular formula is C62H60N3O2Pt-. The zero-order valence-corrected chi connectivity index (χ0v) is 43.6. The van der Waals surface area contributed by atoms with Crippen molar-refractivity contribution in [3.05, 3.63) is 168 Å². The van der Waals surface area contributed by atoms with Crippen molar-refractivity contribution in [3.8, 4) is 56.3 Å². The number of hydrogen-bond donors (Lipinski definition) is 1. The van der Waals surface area contributed by atoms with Gasteiger partial charge in [0.2, 0.25) is 0 Å². The number of imidazole rings is 1. The molecule has 10 aromatic rings. The molecule has 0 saturated carbocycles. The quantitative estimate of drug-likeness (QED) is 0.174. The molecule has 0 spiro atoms. The Morgan fingerprint density at radius 3 is 1.82 bits per heavy atom. The van der Waals surface area contributed by atoms with Crippen molar-refractivity contribution in [3.63, 3.8) is 0 Å². The van der Waals surface area contributed by atoms with Gasteiger partial charge in [-0.15, -0.1) is 29.3 Å². The van der Waals surface area contributed by atoms with Gasteiger partial charge in [0.05, 0.1) is 28.5 Å². The molecule has 0 aliphatic rings. The normalized spacial score (nSPS) is 12.6. The van der Waals surface area contributed by atoms with Gasteiger partial charge in [0.25, 0.3) is 0 Å². The number of phenols is 1. The zero-order chi connectivity index (χ0) is 47.4. The maximum atomic E-state index is 12.6. The first-order valence-electron chi connectivity index (χ1n) is 23.5. The summed E-state index contributed by atoms with van der Waals surface area (Å²) in [5.74, 6) is 0.923. The summed E-state index contributed by atoms with van der Waals surface area (Å²) < 4.78 is 8.65. The number of fused-ring (bicyclic) bond motifs is 5. The number of furan rings is 1. The number of benzene rings is 7. The third-order valence-corrected chi connectivity index (χ3v) is 13.4. The number of hydrogen-bond acceptors (Lipinski definition) is 4. The third-order valence-electron chi connectivity index (χ3n) is 13.4. The summed E-state index contributed by atoms with van der Waals surface area (Å²) in [6.07, 6.45) is 1.85. The number of aromatic nitrogens is 3. The predicted octanol–water partition coefficient (Wildman–Crippen LogP) is 16.8. The molecule has 6 heteroatoms. The number of rotatable bonds is 5. The second kappa shape index (κ2) is 16.7. The Labute approximate surface area is 415 Å². The van der Waals surface area contributed by atoms with Crippen molar-refractivity contribution >= 4 is 43.7 Å². The molecule has 68 heavy (non-hydrogen) atoms. The Kier molecular flexibility index (Phi) is 11.5. The van der Waals surface area contributed by atoms with Crippen LogP contribution in [0.3, 0.4) is 0 Å². The number of nitrogens with zero attached hydrogens (tertiary/aromatic N) is 3. The summed E-state index contributed by atoms with van der Waals surface area (Å²) >= 11 is 0. The minimum Gasteiger partial charge on any atom is -0.507 e. The standard InChI is InChI=1S/C62H60N3O2.Pt/c1-59(2,3)42-25-26-52(46(32-42)37-19-14-13-15-20-37)65-53-24-18-23-45(56(53)64-58(65)49-33-44(61(7,8)9)34-50(57(49)66)62(10,11)12)40-27-41(29-43(28-40)60(4,5)6)51-35-48-47-30-38-21-16-17-22-39(38)31-54(47)67-55(48)36-63-51;/h13-26,28-36,66H,1-12H3;/q-1;. The van der Waals surface area contributed by atoms with Gasteiger partial charge in [-0.05, 0) is 85.5 Å². The van der Waals surface area contributed by atoms with Gasteiger partial charge in [-0.2, -0.15) is 0 Å². The SMILES string of the molecule is CC(C)(C)c1cc(-c2cc3c(cn2)oc2cc4ccccc4cc23)[c-]c(-c2cccc3c2nc(-c2cc(C(C)(C)C)cc(C(C)(C)C)c2O)n3-c2ccc(C(C)(C)C)cc2-c2ccccc2)c1.[Pt]. The van der Waals surface area contributed by atoms with Gasteiger partial charge >= 0.3 is 0 Å². The summed E-state index contributed by atoms with van der Waals surface area (Å²) in [5.41, 5.74) is 14.4. The molecule has 3 aromatic heterocycles. The molecule has 0 atom stereocenters. The monoisotopic (exact) mass is 1070 g/mol.